The lowest BCUT2D eigenvalue weighted by atomic mass is 10.2. The summed E-state index contributed by atoms with van der Waals surface area (Å²) in [5, 5.41) is 8.81. The second-order valence-corrected chi connectivity index (χ2v) is 3.99. The van der Waals surface area contributed by atoms with Crippen molar-refractivity contribution < 1.29 is 23.1 Å². The van der Waals surface area contributed by atoms with E-state index in [2.05, 4.69) is 4.98 Å². The highest BCUT2D eigenvalue weighted by molar-refractivity contribution is 5.89. The molecule has 100 valence electrons. The highest BCUT2D eigenvalue weighted by Crippen LogP contribution is 2.33. The van der Waals surface area contributed by atoms with Gasteiger partial charge in [-0.2, -0.15) is 13.2 Å². The van der Waals surface area contributed by atoms with Crippen molar-refractivity contribution >= 4 is 5.97 Å². The molecule has 0 spiro atoms. The summed E-state index contributed by atoms with van der Waals surface area (Å²) in [5.74, 6) is -1.39. The first-order valence-electron chi connectivity index (χ1n) is 5.24. The number of aryl methyl sites for hydroxylation is 1. The van der Waals surface area contributed by atoms with Crippen LogP contribution in [-0.4, -0.2) is 20.6 Å². The maximum absolute atomic E-state index is 12.7. The number of carboxylic acids is 1. The Hall–Kier alpha value is -2.31. The number of hydrogen-bond donors (Lipinski definition) is 1. The molecule has 4 nitrogen and oxygen atoms in total. The molecule has 19 heavy (non-hydrogen) atoms. The van der Waals surface area contributed by atoms with Crippen LogP contribution in [0.4, 0.5) is 13.2 Å². The fourth-order valence-electron chi connectivity index (χ4n) is 1.64. The standard InChI is InChI=1S/C12H9F3N2O2/c1-7-2-3-16-10(4-7)17-5-8(11(18)19)9(6-17)12(13,14)15/h2-6H,1H3,(H,18,19). The summed E-state index contributed by atoms with van der Waals surface area (Å²) >= 11 is 0. The van der Waals surface area contributed by atoms with Crippen LogP contribution < -0.4 is 0 Å². The number of hydrogen-bond acceptors (Lipinski definition) is 2. The number of alkyl halides is 3. The Bertz CT molecular complexity index is 632. The summed E-state index contributed by atoms with van der Waals surface area (Å²) in [6.07, 6.45) is -1.64. The van der Waals surface area contributed by atoms with Crippen LogP contribution in [0.2, 0.25) is 0 Å². The first-order valence-corrected chi connectivity index (χ1v) is 5.24. The second-order valence-electron chi connectivity index (χ2n) is 3.99. The molecule has 2 aromatic heterocycles. The van der Waals surface area contributed by atoms with E-state index in [0.29, 0.717) is 0 Å². The Morgan fingerprint density at radius 3 is 2.53 bits per heavy atom. The Morgan fingerprint density at radius 2 is 2.05 bits per heavy atom. The molecule has 0 unspecified atom stereocenters. The van der Waals surface area contributed by atoms with E-state index in [4.69, 9.17) is 5.11 Å². The Morgan fingerprint density at radius 1 is 1.37 bits per heavy atom. The minimum atomic E-state index is -4.72. The molecule has 0 saturated carbocycles. The lowest BCUT2D eigenvalue weighted by molar-refractivity contribution is -0.138. The minimum absolute atomic E-state index is 0.234. The minimum Gasteiger partial charge on any atom is -0.478 e. The average molecular weight is 270 g/mol. The van der Waals surface area contributed by atoms with Crippen LogP contribution >= 0.6 is 0 Å². The van der Waals surface area contributed by atoms with Crippen LogP contribution in [0.25, 0.3) is 5.82 Å². The fourth-order valence-corrected chi connectivity index (χ4v) is 1.64. The Balaban J connectivity index is 2.58. The van der Waals surface area contributed by atoms with E-state index < -0.39 is 23.3 Å². The highest BCUT2D eigenvalue weighted by atomic mass is 19.4. The van der Waals surface area contributed by atoms with Gasteiger partial charge in [0.15, 0.2) is 0 Å². The molecule has 0 radical (unpaired) electrons. The number of pyridine rings is 1. The predicted molar refractivity (Wildman–Crippen MR) is 60.3 cm³/mol. The molecule has 2 heterocycles. The van der Waals surface area contributed by atoms with Gasteiger partial charge in [-0.05, 0) is 24.6 Å². The van der Waals surface area contributed by atoms with E-state index in [1.807, 2.05) is 0 Å². The number of halogens is 3. The zero-order chi connectivity index (χ0) is 14.2. The lowest BCUT2D eigenvalue weighted by Gasteiger charge is -2.04. The third kappa shape index (κ3) is 2.59. The molecule has 0 atom stereocenters. The van der Waals surface area contributed by atoms with Crippen LogP contribution in [-0.2, 0) is 6.18 Å². The maximum Gasteiger partial charge on any atom is 0.418 e. The molecule has 0 aliphatic rings. The normalized spacial score (nSPS) is 11.6. The lowest BCUT2D eigenvalue weighted by Crippen LogP contribution is -2.09. The molecule has 7 heteroatoms. The summed E-state index contributed by atoms with van der Waals surface area (Å²) in [7, 11) is 0. The van der Waals surface area contributed by atoms with Crippen molar-refractivity contribution in [3.8, 4) is 5.82 Å². The van der Waals surface area contributed by atoms with E-state index in [0.717, 1.165) is 22.5 Å². The molecule has 0 fully saturated rings. The second kappa shape index (κ2) is 4.42. The third-order valence-corrected chi connectivity index (χ3v) is 2.53. The van der Waals surface area contributed by atoms with Gasteiger partial charge in [-0.25, -0.2) is 9.78 Å². The number of aromatic nitrogens is 2. The quantitative estimate of drug-likeness (QED) is 0.912. The van der Waals surface area contributed by atoms with Crippen molar-refractivity contribution in [1.82, 2.24) is 9.55 Å². The molecule has 0 aromatic carbocycles. The van der Waals surface area contributed by atoms with Crippen LogP contribution in [0.15, 0.2) is 30.7 Å². The molecule has 1 N–H and O–H groups in total. The first-order chi connectivity index (χ1) is 8.79. The van der Waals surface area contributed by atoms with Crippen molar-refractivity contribution in [1.29, 1.82) is 0 Å². The van der Waals surface area contributed by atoms with Crippen LogP contribution in [0.1, 0.15) is 21.5 Å². The number of carbonyl (C=O) groups is 1. The Labute approximate surface area is 106 Å². The van der Waals surface area contributed by atoms with Gasteiger partial charge in [-0.15, -0.1) is 0 Å². The van der Waals surface area contributed by atoms with Crippen molar-refractivity contribution in [2.24, 2.45) is 0 Å². The van der Waals surface area contributed by atoms with Crippen LogP contribution in [0, 0.1) is 6.92 Å². The smallest absolute Gasteiger partial charge is 0.418 e. The maximum atomic E-state index is 12.7. The topological polar surface area (TPSA) is 55.1 Å². The van der Waals surface area contributed by atoms with Gasteiger partial charge in [0.2, 0.25) is 0 Å². The molecule has 2 rings (SSSR count). The number of carboxylic acid groups (broad SMARTS) is 1. The predicted octanol–water partition coefficient (Wildman–Crippen LogP) is 2.90. The number of aromatic carboxylic acids is 1. The van der Waals surface area contributed by atoms with E-state index in [1.54, 1.807) is 19.1 Å². The fraction of sp³-hybridized carbons (Fsp3) is 0.167. The van der Waals surface area contributed by atoms with Crippen molar-refractivity contribution in [2.75, 3.05) is 0 Å². The van der Waals surface area contributed by atoms with Gasteiger partial charge >= 0.3 is 12.1 Å². The van der Waals surface area contributed by atoms with E-state index >= 15 is 0 Å². The molecule has 0 aliphatic carbocycles. The monoisotopic (exact) mass is 270 g/mol. The summed E-state index contributed by atoms with van der Waals surface area (Å²) in [5.41, 5.74) is -1.18. The molecule has 0 aliphatic heterocycles. The van der Waals surface area contributed by atoms with Gasteiger partial charge < -0.3 is 9.67 Å². The summed E-state index contributed by atoms with van der Waals surface area (Å²) in [6, 6.07) is 3.25. The van der Waals surface area contributed by atoms with Crippen LogP contribution in [0.5, 0.6) is 0 Å². The summed E-state index contributed by atoms with van der Waals surface area (Å²) in [6.45, 7) is 1.76. The third-order valence-electron chi connectivity index (χ3n) is 2.53. The van der Waals surface area contributed by atoms with Gasteiger partial charge in [-0.1, -0.05) is 0 Å². The Kier molecular flexibility index (Phi) is 3.05. The van der Waals surface area contributed by atoms with E-state index in [9.17, 15) is 18.0 Å². The van der Waals surface area contributed by atoms with E-state index in [1.165, 1.54) is 6.20 Å². The zero-order valence-electron chi connectivity index (χ0n) is 9.77. The molecule has 0 bridgehead atoms. The van der Waals surface area contributed by atoms with Crippen molar-refractivity contribution in [2.45, 2.75) is 13.1 Å². The largest absolute Gasteiger partial charge is 0.478 e. The summed E-state index contributed by atoms with van der Waals surface area (Å²) in [4.78, 5) is 14.8. The van der Waals surface area contributed by atoms with Gasteiger partial charge in [-0.3, -0.25) is 0 Å². The van der Waals surface area contributed by atoms with Gasteiger partial charge in [0, 0.05) is 18.6 Å². The molecule has 0 amide bonds. The molecular formula is C12H9F3N2O2. The molecule has 2 aromatic rings. The average Bonchev–Trinajstić information content (AvgIpc) is 2.73. The number of rotatable bonds is 2. The van der Waals surface area contributed by atoms with Gasteiger partial charge in [0.05, 0.1) is 11.1 Å². The summed E-state index contributed by atoms with van der Waals surface area (Å²) < 4.78 is 39.2. The number of nitrogens with zero attached hydrogens (tertiary/aromatic N) is 2. The zero-order valence-corrected chi connectivity index (χ0v) is 9.77. The van der Waals surface area contributed by atoms with Crippen molar-refractivity contribution in [3.05, 3.63) is 47.4 Å². The molecule has 0 saturated heterocycles. The van der Waals surface area contributed by atoms with Crippen molar-refractivity contribution in [3.63, 3.8) is 0 Å². The van der Waals surface area contributed by atoms with Crippen LogP contribution in [0.3, 0.4) is 0 Å². The van der Waals surface area contributed by atoms with Gasteiger partial charge in [0.25, 0.3) is 0 Å². The first kappa shape index (κ1) is 13.1. The van der Waals surface area contributed by atoms with Gasteiger partial charge in [0.1, 0.15) is 5.82 Å². The highest BCUT2D eigenvalue weighted by Gasteiger charge is 2.37. The molecular weight excluding hydrogens is 261 g/mol. The SMILES string of the molecule is Cc1ccnc(-n2cc(C(=O)O)c(C(F)(F)F)c2)c1. The van der Waals surface area contributed by atoms with E-state index in [-0.39, 0.29) is 5.82 Å².